The van der Waals surface area contributed by atoms with Gasteiger partial charge >= 0.3 is 34.2 Å². The third-order valence-corrected chi connectivity index (χ3v) is 3.10. The van der Waals surface area contributed by atoms with E-state index < -0.39 is 0 Å². The zero-order valence-electron chi connectivity index (χ0n) is 18.6. The first-order valence-corrected chi connectivity index (χ1v) is 19.8. The standard InChI is InChI=1S/2C9H13.4CH3.2ClH.2H2Si.Zr/c2*1-2-3-6-9-7-4-5-8-9;;;;;;;;;/h2*4-5,7-8H,2-3,6H2,1H3;4*1H3;2*1H;2*1H2;/q6*-1;;;;;. The fourth-order valence-electron chi connectivity index (χ4n) is 1.92. The molecule has 0 unspecified atom stereocenters. The summed E-state index contributed by atoms with van der Waals surface area (Å²) in [5.74, 6) is 0. The maximum absolute atomic E-state index is 2.23. The van der Waals surface area contributed by atoms with Gasteiger partial charge in [0.1, 0.15) is 0 Å². The Hall–Kier alpha value is 0.597. The minimum atomic E-state index is 0. The first-order chi connectivity index (χ1) is 10.3. The van der Waals surface area contributed by atoms with Crippen molar-refractivity contribution in [1.82, 2.24) is 0 Å². The van der Waals surface area contributed by atoms with Crippen molar-refractivity contribution in [1.29, 1.82) is 0 Å². The van der Waals surface area contributed by atoms with Crippen LogP contribution in [0, 0.1) is 29.7 Å². The molecule has 0 bridgehead atoms. The summed E-state index contributed by atoms with van der Waals surface area (Å²) < 4.78 is 0. The van der Waals surface area contributed by atoms with E-state index in [0.717, 1.165) is 0 Å². The van der Waals surface area contributed by atoms with Crippen LogP contribution in [0.4, 0.5) is 0 Å². The zero-order valence-corrected chi connectivity index (χ0v) is 25.5. The van der Waals surface area contributed by atoms with Crippen molar-refractivity contribution < 1.29 is 20.5 Å². The summed E-state index contributed by atoms with van der Waals surface area (Å²) in [7, 11) is 0. The molecule has 0 aliphatic rings. The van der Waals surface area contributed by atoms with Gasteiger partial charge in [0.2, 0.25) is 0 Å². The molecule has 0 nitrogen and oxygen atoms in total. The number of aryl methyl sites for hydroxylation is 2. The van der Waals surface area contributed by atoms with Gasteiger partial charge in [-0.15, -0.1) is 24.8 Å². The van der Waals surface area contributed by atoms with E-state index in [-0.39, 0.29) is 75.0 Å². The number of hydrogen-bond acceptors (Lipinski definition) is 0. The third-order valence-electron chi connectivity index (χ3n) is 3.10. The van der Waals surface area contributed by atoms with Crippen LogP contribution in [0.1, 0.15) is 50.7 Å². The Bertz CT molecular complexity index is 410. The molecule has 0 saturated heterocycles. The molecule has 0 atom stereocenters. The van der Waals surface area contributed by atoms with E-state index >= 15 is 0 Å². The van der Waals surface area contributed by atoms with Crippen LogP contribution in [0.15, 0.2) is 48.5 Å². The molecule has 0 N–H and O–H groups in total. The number of rotatable bonds is 6. The molecule has 2 aromatic rings. The monoisotopic (exact) mass is 524 g/mol. The van der Waals surface area contributed by atoms with Crippen molar-refractivity contribution in [2.75, 3.05) is 0 Å². The van der Waals surface area contributed by atoms with Gasteiger partial charge in [-0.2, -0.15) is 47.5 Å². The second-order valence-corrected chi connectivity index (χ2v) is 18.1. The van der Waals surface area contributed by atoms with Gasteiger partial charge in [-0.1, -0.05) is 52.4 Å². The molecule has 27 heavy (non-hydrogen) atoms. The Morgan fingerprint density at radius 1 is 0.741 bits per heavy atom. The summed E-state index contributed by atoms with van der Waals surface area (Å²) >= 11 is 0.286. The van der Waals surface area contributed by atoms with Crippen LogP contribution in [0.2, 0.25) is 0 Å². The van der Waals surface area contributed by atoms with Crippen molar-refractivity contribution in [3.05, 3.63) is 89.4 Å². The summed E-state index contributed by atoms with van der Waals surface area (Å²) in [6, 6.07) is 17.2. The summed E-state index contributed by atoms with van der Waals surface area (Å²) in [4.78, 5) is 0. The van der Waals surface area contributed by atoms with Crippen LogP contribution in [0.3, 0.4) is 0 Å². The van der Waals surface area contributed by atoms with Crippen LogP contribution < -0.4 is 0 Å². The van der Waals surface area contributed by atoms with E-state index in [1.807, 2.05) is 0 Å². The summed E-state index contributed by atoms with van der Waals surface area (Å²) in [6.45, 7) is 8.76. The van der Waals surface area contributed by atoms with Gasteiger partial charge in [0.15, 0.2) is 0 Å². The van der Waals surface area contributed by atoms with Crippen LogP contribution >= 0.6 is 24.8 Å². The summed E-state index contributed by atoms with van der Waals surface area (Å²) in [5.41, 5.74) is 2.97. The van der Waals surface area contributed by atoms with Crippen LogP contribution in [-0.4, -0.2) is 13.8 Å². The summed E-state index contributed by atoms with van der Waals surface area (Å²) in [5, 5.41) is 0. The summed E-state index contributed by atoms with van der Waals surface area (Å²) in [6.07, 6.45) is 7.75. The van der Waals surface area contributed by atoms with E-state index in [4.69, 9.17) is 0 Å². The molecule has 0 aliphatic heterocycles. The maximum atomic E-state index is 2.23. The van der Waals surface area contributed by atoms with Crippen molar-refractivity contribution >= 4 is 38.6 Å². The molecule has 164 valence electrons. The predicted molar refractivity (Wildman–Crippen MR) is 139 cm³/mol. The normalized spacial score (nSPS) is 6.89. The molecule has 0 aliphatic carbocycles. The molecule has 0 aromatic heterocycles. The molecular formula is C22H44Cl2Si2Zr-6. The van der Waals surface area contributed by atoms with Gasteiger partial charge < -0.3 is 29.7 Å². The number of hydrogen-bond donors (Lipinski definition) is 0. The second kappa shape index (κ2) is 37.4. The van der Waals surface area contributed by atoms with Gasteiger partial charge in [0, 0.05) is 0 Å². The van der Waals surface area contributed by atoms with Gasteiger partial charge in [-0.05, 0) is 0 Å². The Morgan fingerprint density at radius 3 is 1.22 bits per heavy atom. The Morgan fingerprint density at radius 2 is 1.04 bits per heavy atom. The Labute approximate surface area is 199 Å². The Kier molecular flexibility index (Phi) is 63.7. The Balaban J connectivity index is -0.0000000433. The van der Waals surface area contributed by atoms with Crippen molar-refractivity contribution in [2.45, 2.75) is 52.4 Å². The van der Waals surface area contributed by atoms with Gasteiger partial charge in [0.05, 0.1) is 0 Å². The molecule has 0 amide bonds. The first kappa shape index (κ1) is 46.0. The van der Waals surface area contributed by atoms with Crippen molar-refractivity contribution in [2.24, 2.45) is 0 Å². The molecule has 2 aromatic carbocycles. The number of unbranched alkanes of at least 4 members (excludes halogenated alkanes) is 2. The van der Waals surface area contributed by atoms with Crippen LogP contribution in [-0.2, 0) is 33.3 Å². The predicted octanol–water partition coefficient (Wildman–Crippen LogP) is 6.31. The molecule has 0 saturated carbocycles. The van der Waals surface area contributed by atoms with E-state index in [9.17, 15) is 0 Å². The average molecular weight is 527 g/mol. The molecule has 0 heterocycles. The average Bonchev–Trinajstić information content (AvgIpc) is 3.18. The SMILES string of the molecule is CCCCc1cc[cH-]c1.CCCCc1cc[cH-]c1.Cl.Cl.[CH3-].[CH3-].[CH3-].[CH3-].[SiH2]=[Zr]=[SiH2]. The molecular weight excluding hydrogens is 483 g/mol. The number of halogens is 2. The quantitative estimate of drug-likeness (QED) is 0.306. The van der Waals surface area contributed by atoms with E-state index in [1.165, 1.54) is 49.7 Å². The fourth-order valence-corrected chi connectivity index (χ4v) is 1.92. The molecule has 0 spiro atoms. The molecule has 0 fully saturated rings. The molecule has 5 heteroatoms. The van der Waals surface area contributed by atoms with E-state index in [0.29, 0.717) is 0 Å². The van der Waals surface area contributed by atoms with Gasteiger partial charge in [0.25, 0.3) is 0 Å². The molecule has 2 rings (SSSR count). The zero-order chi connectivity index (χ0) is 15.8. The van der Waals surface area contributed by atoms with Crippen molar-refractivity contribution in [3.63, 3.8) is 0 Å². The third kappa shape index (κ3) is 31.5. The molecule has 0 radical (unpaired) electrons. The minimum absolute atomic E-state index is 0. The van der Waals surface area contributed by atoms with Gasteiger partial charge in [-0.3, -0.25) is 0 Å². The first-order valence-electron chi connectivity index (χ1n) is 7.98. The topological polar surface area (TPSA) is 0 Å². The van der Waals surface area contributed by atoms with E-state index in [1.54, 1.807) is 0 Å². The fraction of sp³-hybridized carbons (Fsp3) is 0.364. The van der Waals surface area contributed by atoms with Crippen molar-refractivity contribution in [3.8, 4) is 0 Å². The second-order valence-electron chi connectivity index (χ2n) is 5.04. The van der Waals surface area contributed by atoms with E-state index in [2.05, 4.69) is 76.1 Å². The van der Waals surface area contributed by atoms with Gasteiger partial charge in [-0.25, -0.2) is 12.1 Å². The van der Waals surface area contributed by atoms with Crippen LogP contribution in [0.5, 0.6) is 0 Å². The van der Waals surface area contributed by atoms with Crippen LogP contribution in [0.25, 0.3) is 0 Å².